The molecule has 1 heterocycles. The minimum Gasteiger partial charge on any atom is -0.481 e. The summed E-state index contributed by atoms with van der Waals surface area (Å²) in [6.07, 6.45) is 5.35. The molecule has 112 valence electrons. The van der Waals surface area contributed by atoms with Crippen LogP contribution in [-0.4, -0.2) is 31.1 Å². The second kappa shape index (κ2) is 10.1. The lowest BCUT2D eigenvalue weighted by molar-refractivity contribution is 0.392. The lowest BCUT2D eigenvalue weighted by Crippen LogP contribution is -2.37. The third kappa shape index (κ3) is 5.91. The number of nitrogens with zero attached hydrogens (tertiary/aromatic N) is 2. The summed E-state index contributed by atoms with van der Waals surface area (Å²) in [4.78, 5) is 8.74. The summed E-state index contributed by atoms with van der Waals surface area (Å²) in [7, 11) is 1.63. The molecule has 0 aromatic carbocycles. The number of unbranched alkanes of at least 4 members (excludes halogenated alkanes) is 2. The molecule has 1 rings (SSSR count). The summed E-state index contributed by atoms with van der Waals surface area (Å²) >= 11 is 0. The van der Waals surface area contributed by atoms with Gasteiger partial charge in [-0.25, -0.2) is 9.98 Å². The zero-order valence-corrected chi connectivity index (χ0v) is 12.8. The van der Waals surface area contributed by atoms with Gasteiger partial charge in [-0.3, -0.25) is 0 Å². The summed E-state index contributed by atoms with van der Waals surface area (Å²) in [6, 6.07) is 3.88. The number of methoxy groups -OCH3 is 1. The van der Waals surface area contributed by atoms with Gasteiger partial charge in [-0.05, 0) is 19.4 Å². The zero-order valence-electron chi connectivity index (χ0n) is 12.8. The molecule has 0 atom stereocenters. The first-order valence-corrected chi connectivity index (χ1v) is 7.31. The summed E-state index contributed by atoms with van der Waals surface area (Å²) in [6.45, 7) is 6.62. The maximum atomic E-state index is 5.23. The number of rotatable bonds is 8. The van der Waals surface area contributed by atoms with E-state index in [0.29, 0.717) is 12.4 Å². The van der Waals surface area contributed by atoms with Crippen LogP contribution in [0.1, 0.15) is 38.7 Å². The number of hydrogen-bond donors (Lipinski definition) is 2. The maximum absolute atomic E-state index is 5.23. The Morgan fingerprint density at radius 3 is 2.85 bits per heavy atom. The Bertz CT molecular complexity index is 407. The van der Waals surface area contributed by atoms with E-state index in [0.717, 1.165) is 31.0 Å². The third-order valence-corrected chi connectivity index (χ3v) is 2.87. The standard InChI is InChI=1S/C15H26N4O/c1-4-6-7-10-18-15(16-5-2)19-12-13-9-8-11-17-14(13)20-3/h8-9,11H,4-7,10,12H2,1-3H3,(H2,16,18,19). The predicted molar refractivity (Wildman–Crippen MR) is 83.1 cm³/mol. The quantitative estimate of drug-likeness (QED) is 0.435. The maximum Gasteiger partial charge on any atom is 0.218 e. The molecule has 5 heteroatoms. The van der Waals surface area contributed by atoms with Crippen LogP contribution in [0.3, 0.4) is 0 Å². The largest absolute Gasteiger partial charge is 0.481 e. The first kappa shape index (κ1) is 16.3. The molecule has 0 unspecified atom stereocenters. The van der Waals surface area contributed by atoms with Gasteiger partial charge in [0.05, 0.1) is 13.7 Å². The van der Waals surface area contributed by atoms with Crippen molar-refractivity contribution in [1.82, 2.24) is 15.6 Å². The molecule has 0 saturated heterocycles. The van der Waals surface area contributed by atoms with Crippen LogP contribution in [0.25, 0.3) is 0 Å². The van der Waals surface area contributed by atoms with E-state index in [4.69, 9.17) is 4.74 Å². The molecule has 5 nitrogen and oxygen atoms in total. The van der Waals surface area contributed by atoms with E-state index in [1.54, 1.807) is 13.3 Å². The highest BCUT2D eigenvalue weighted by Gasteiger charge is 2.03. The van der Waals surface area contributed by atoms with Gasteiger partial charge >= 0.3 is 0 Å². The van der Waals surface area contributed by atoms with E-state index in [1.165, 1.54) is 12.8 Å². The van der Waals surface area contributed by atoms with Gasteiger partial charge in [-0.2, -0.15) is 0 Å². The number of guanidine groups is 1. The van der Waals surface area contributed by atoms with Crippen molar-refractivity contribution in [2.45, 2.75) is 39.7 Å². The smallest absolute Gasteiger partial charge is 0.218 e. The Morgan fingerprint density at radius 1 is 1.30 bits per heavy atom. The van der Waals surface area contributed by atoms with Gasteiger partial charge < -0.3 is 15.4 Å². The second-order valence-corrected chi connectivity index (χ2v) is 4.50. The molecule has 1 aromatic heterocycles. The van der Waals surface area contributed by atoms with Gasteiger partial charge in [-0.1, -0.05) is 25.8 Å². The van der Waals surface area contributed by atoms with Gasteiger partial charge in [-0.15, -0.1) is 0 Å². The minimum absolute atomic E-state index is 0.556. The third-order valence-electron chi connectivity index (χ3n) is 2.87. The van der Waals surface area contributed by atoms with E-state index in [2.05, 4.69) is 34.5 Å². The van der Waals surface area contributed by atoms with E-state index in [9.17, 15) is 0 Å². The van der Waals surface area contributed by atoms with Gasteiger partial charge in [0.25, 0.3) is 0 Å². The van der Waals surface area contributed by atoms with Crippen LogP contribution in [0.15, 0.2) is 23.3 Å². The topological polar surface area (TPSA) is 58.5 Å². The predicted octanol–water partition coefficient (Wildman–Crippen LogP) is 2.34. The lowest BCUT2D eigenvalue weighted by Gasteiger charge is -2.11. The Kier molecular flexibility index (Phi) is 8.19. The first-order valence-electron chi connectivity index (χ1n) is 7.31. The molecule has 0 fully saturated rings. The molecule has 2 N–H and O–H groups in total. The first-order chi connectivity index (χ1) is 9.81. The molecule has 0 radical (unpaired) electrons. The second-order valence-electron chi connectivity index (χ2n) is 4.50. The monoisotopic (exact) mass is 278 g/mol. The Hall–Kier alpha value is -1.78. The van der Waals surface area contributed by atoms with Crippen molar-refractivity contribution in [1.29, 1.82) is 0 Å². The molecule has 0 aliphatic rings. The molecular weight excluding hydrogens is 252 g/mol. The van der Waals surface area contributed by atoms with Gasteiger partial charge in [0.15, 0.2) is 5.96 Å². The van der Waals surface area contributed by atoms with Crippen LogP contribution in [-0.2, 0) is 6.54 Å². The van der Waals surface area contributed by atoms with Crippen molar-refractivity contribution in [3.8, 4) is 5.88 Å². The van der Waals surface area contributed by atoms with Gasteiger partial charge in [0, 0.05) is 24.8 Å². The number of ether oxygens (including phenoxy) is 1. The molecule has 0 amide bonds. The van der Waals surface area contributed by atoms with Crippen molar-refractivity contribution in [3.63, 3.8) is 0 Å². The molecule has 0 saturated carbocycles. The fraction of sp³-hybridized carbons (Fsp3) is 0.600. The van der Waals surface area contributed by atoms with E-state index >= 15 is 0 Å². The summed E-state index contributed by atoms with van der Waals surface area (Å²) < 4.78 is 5.23. The molecule has 20 heavy (non-hydrogen) atoms. The van der Waals surface area contributed by atoms with Crippen molar-refractivity contribution in [2.24, 2.45) is 4.99 Å². The summed E-state index contributed by atoms with van der Waals surface area (Å²) in [5, 5.41) is 6.59. The summed E-state index contributed by atoms with van der Waals surface area (Å²) in [5.41, 5.74) is 0.987. The zero-order chi connectivity index (χ0) is 14.6. The van der Waals surface area contributed by atoms with Crippen molar-refractivity contribution in [3.05, 3.63) is 23.9 Å². The normalized spacial score (nSPS) is 11.2. The van der Waals surface area contributed by atoms with Crippen LogP contribution in [0.2, 0.25) is 0 Å². The number of hydrogen-bond acceptors (Lipinski definition) is 3. The van der Waals surface area contributed by atoms with Crippen molar-refractivity contribution >= 4 is 5.96 Å². The van der Waals surface area contributed by atoms with Gasteiger partial charge in [0.2, 0.25) is 5.88 Å². The molecule has 0 aliphatic carbocycles. The highest BCUT2D eigenvalue weighted by molar-refractivity contribution is 5.79. The van der Waals surface area contributed by atoms with Crippen LogP contribution < -0.4 is 15.4 Å². The van der Waals surface area contributed by atoms with Crippen LogP contribution >= 0.6 is 0 Å². The Morgan fingerprint density at radius 2 is 2.15 bits per heavy atom. The van der Waals surface area contributed by atoms with Gasteiger partial charge in [0.1, 0.15) is 0 Å². The number of nitrogens with one attached hydrogen (secondary N) is 2. The molecule has 1 aromatic rings. The Balaban J connectivity index is 2.57. The van der Waals surface area contributed by atoms with E-state index < -0.39 is 0 Å². The fourth-order valence-corrected chi connectivity index (χ4v) is 1.82. The molecule has 0 bridgehead atoms. The van der Waals surface area contributed by atoms with E-state index in [1.807, 2.05) is 12.1 Å². The summed E-state index contributed by atoms with van der Waals surface area (Å²) in [5.74, 6) is 1.48. The lowest BCUT2D eigenvalue weighted by atomic mass is 10.2. The average molecular weight is 278 g/mol. The average Bonchev–Trinajstić information content (AvgIpc) is 2.49. The number of aromatic nitrogens is 1. The minimum atomic E-state index is 0.556. The van der Waals surface area contributed by atoms with Crippen LogP contribution in [0, 0.1) is 0 Å². The van der Waals surface area contributed by atoms with Crippen molar-refractivity contribution in [2.75, 3.05) is 20.2 Å². The van der Waals surface area contributed by atoms with E-state index in [-0.39, 0.29) is 0 Å². The van der Waals surface area contributed by atoms with Crippen molar-refractivity contribution < 1.29 is 4.74 Å². The van der Waals surface area contributed by atoms with Crippen LogP contribution in [0.5, 0.6) is 5.88 Å². The molecule has 0 spiro atoms. The highest BCUT2D eigenvalue weighted by atomic mass is 16.5. The highest BCUT2D eigenvalue weighted by Crippen LogP contribution is 2.14. The molecule has 0 aliphatic heterocycles. The Labute approximate surface area is 121 Å². The SMILES string of the molecule is CCCCCNC(=NCc1cccnc1OC)NCC. The fourth-order valence-electron chi connectivity index (χ4n) is 1.82. The van der Waals surface area contributed by atoms with Crippen LogP contribution in [0.4, 0.5) is 0 Å². The molecular formula is C15H26N4O. The number of aliphatic imine (C=N–C) groups is 1. The number of pyridine rings is 1.